The summed E-state index contributed by atoms with van der Waals surface area (Å²) in [4.78, 5) is 28.7. The Morgan fingerprint density at radius 2 is 2.03 bits per heavy atom. The van der Waals surface area contributed by atoms with Gasteiger partial charge in [0.2, 0.25) is 5.91 Å². The Morgan fingerprint density at radius 1 is 1.23 bits per heavy atom. The molecule has 3 heterocycles. The van der Waals surface area contributed by atoms with E-state index < -0.39 is 24.4 Å². The molecule has 1 saturated heterocycles. The molecule has 2 aliphatic rings. The lowest BCUT2D eigenvalue weighted by atomic mass is 9.87. The summed E-state index contributed by atoms with van der Waals surface area (Å²) in [6.45, 7) is 1.90. The van der Waals surface area contributed by atoms with E-state index in [1.807, 2.05) is 6.92 Å². The number of rotatable bonds is 9. The van der Waals surface area contributed by atoms with Crippen molar-refractivity contribution >= 4 is 23.2 Å². The quantitative estimate of drug-likeness (QED) is 0.459. The Labute approximate surface area is 205 Å². The van der Waals surface area contributed by atoms with Crippen molar-refractivity contribution in [2.75, 3.05) is 11.9 Å². The van der Waals surface area contributed by atoms with Crippen LogP contribution in [-0.2, 0) is 19.1 Å². The number of aromatic nitrogens is 3. The Balaban J connectivity index is 1.41. The normalized spacial score (nSPS) is 25.5. The van der Waals surface area contributed by atoms with Crippen molar-refractivity contribution in [3.63, 3.8) is 0 Å². The van der Waals surface area contributed by atoms with E-state index in [0.717, 1.165) is 38.5 Å². The summed E-state index contributed by atoms with van der Waals surface area (Å²) in [5, 5.41) is 28.1. The molecule has 2 fully saturated rings. The van der Waals surface area contributed by atoms with Crippen molar-refractivity contribution in [2.24, 2.45) is 5.92 Å². The number of amides is 1. The zero-order chi connectivity index (χ0) is 24.8. The molecule has 4 atom stereocenters. The lowest BCUT2D eigenvalue weighted by molar-refractivity contribution is -0.192. The third-order valence-electron chi connectivity index (χ3n) is 6.98. The molecule has 0 radical (unpaired) electrons. The number of aliphatic hydroxyl groups is 2. The highest BCUT2D eigenvalue weighted by atomic mass is 16.6. The lowest BCUT2D eigenvalue weighted by Crippen LogP contribution is -2.48. The average Bonchev–Trinajstić information content (AvgIpc) is 3.29. The largest absolute Gasteiger partial charge is 0.463 e. The SMILES string of the molecule is CCCCC(=O)Nc1ncnn2c(C3C[C@H](O)[C@H](O)[C@@H](COC(=O)CC4CCCCC4)O3)ccc12. The first-order valence-corrected chi connectivity index (χ1v) is 12.8. The summed E-state index contributed by atoms with van der Waals surface area (Å²) in [5.74, 6) is 0.346. The van der Waals surface area contributed by atoms with E-state index in [1.165, 1.54) is 12.7 Å². The number of hydrogen-bond donors (Lipinski definition) is 3. The average molecular weight is 489 g/mol. The number of hydrogen-bond acceptors (Lipinski definition) is 8. The van der Waals surface area contributed by atoms with Crippen molar-refractivity contribution in [3.05, 3.63) is 24.2 Å². The number of nitrogens with one attached hydrogen (secondary N) is 1. The molecule has 192 valence electrons. The predicted octanol–water partition coefficient (Wildman–Crippen LogP) is 2.92. The number of fused-ring (bicyclic) bond motifs is 1. The zero-order valence-corrected chi connectivity index (χ0v) is 20.3. The van der Waals surface area contributed by atoms with Crippen LogP contribution in [0.15, 0.2) is 18.5 Å². The van der Waals surface area contributed by atoms with Gasteiger partial charge in [-0.1, -0.05) is 32.6 Å². The van der Waals surface area contributed by atoms with Gasteiger partial charge < -0.3 is 25.0 Å². The maximum Gasteiger partial charge on any atom is 0.306 e. The lowest BCUT2D eigenvalue weighted by Gasteiger charge is -2.36. The van der Waals surface area contributed by atoms with Crippen molar-refractivity contribution in [1.29, 1.82) is 0 Å². The number of esters is 1. The summed E-state index contributed by atoms with van der Waals surface area (Å²) < 4.78 is 13.1. The molecule has 3 N–H and O–H groups in total. The van der Waals surface area contributed by atoms with Crippen molar-refractivity contribution in [3.8, 4) is 0 Å². The first kappa shape index (κ1) is 25.5. The molecule has 1 aliphatic carbocycles. The summed E-state index contributed by atoms with van der Waals surface area (Å²) >= 11 is 0. The molecule has 0 spiro atoms. The molecule has 4 rings (SSSR count). The van der Waals surface area contributed by atoms with Gasteiger partial charge in [-0.2, -0.15) is 5.10 Å². The summed E-state index contributed by atoms with van der Waals surface area (Å²) in [7, 11) is 0. The Bertz CT molecular complexity index is 1010. The molecule has 0 bridgehead atoms. The third kappa shape index (κ3) is 6.36. The van der Waals surface area contributed by atoms with Crippen molar-refractivity contribution in [2.45, 2.75) is 95.5 Å². The molecule has 10 heteroatoms. The second-order valence-electron chi connectivity index (χ2n) is 9.66. The summed E-state index contributed by atoms with van der Waals surface area (Å²) in [5.41, 5.74) is 1.25. The third-order valence-corrected chi connectivity index (χ3v) is 6.98. The fraction of sp³-hybridized carbons (Fsp3) is 0.680. The number of unbranched alkanes of at least 4 members (excludes halogenated alkanes) is 1. The number of anilines is 1. The van der Waals surface area contributed by atoms with Crippen LogP contribution in [0.1, 0.15) is 82.9 Å². The van der Waals surface area contributed by atoms with Crippen LogP contribution in [0, 0.1) is 5.92 Å². The van der Waals surface area contributed by atoms with E-state index in [-0.39, 0.29) is 24.9 Å². The van der Waals surface area contributed by atoms with E-state index in [4.69, 9.17) is 9.47 Å². The first-order chi connectivity index (χ1) is 17.0. The van der Waals surface area contributed by atoms with Crippen LogP contribution >= 0.6 is 0 Å². The number of nitrogens with zero attached hydrogens (tertiary/aromatic N) is 3. The molecular weight excluding hydrogens is 452 g/mol. The standard InChI is InChI=1S/C25H36N4O6/c1-2-3-9-22(31)28-25-18-11-10-17(29(18)27-15-26-25)20-13-19(30)24(33)21(35-20)14-34-23(32)12-16-7-5-4-6-8-16/h10-11,15-16,19-21,24,30,33H,2-9,12-14H2,1H3,(H,26,27,28,31)/t19-,20?,21+,24-/m0/s1. The monoisotopic (exact) mass is 488 g/mol. The van der Waals surface area contributed by atoms with E-state index in [0.29, 0.717) is 35.8 Å². The van der Waals surface area contributed by atoms with Crippen LogP contribution in [0.2, 0.25) is 0 Å². The number of aliphatic hydroxyl groups excluding tert-OH is 2. The smallest absolute Gasteiger partial charge is 0.306 e. The van der Waals surface area contributed by atoms with Gasteiger partial charge in [-0.05, 0) is 37.3 Å². The van der Waals surface area contributed by atoms with Crippen LogP contribution in [0.3, 0.4) is 0 Å². The van der Waals surface area contributed by atoms with E-state index >= 15 is 0 Å². The summed E-state index contributed by atoms with van der Waals surface area (Å²) in [6.07, 6.45) is 5.96. The second kappa shape index (κ2) is 11.9. The van der Waals surface area contributed by atoms with Crippen molar-refractivity contribution in [1.82, 2.24) is 14.6 Å². The number of ether oxygens (including phenoxy) is 2. The number of carbonyl (C=O) groups excluding carboxylic acids is 2. The fourth-order valence-corrected chi connectivity index (χ4v) is 4.97. The van der Waals surface area contributed by atoms with Crippen molar-refractivity contribution < 1.29 is 29.3 Å². The van der Waals surface area contributed by atoms with Crippen LogP contribution in [0.25, 0.3) is 5.52 Å². The van der Waals surface area contributed by atoms with Gasteiger partial charge >= 0.3 is 5.97 Å². The minimum Gasteiger partial charge on any atom is -0.463 e. The van der Waals surface area contributed by atoms with Gasteiger partial charge in [-0.15, -0.1) is 0 Å². The first-order valence-electron chi connectivity index (χ1n) is 12.8. The van der Waals surface area contributed by atoms with Gasteiger partial charge in [0, 0.05) is 19.3 Å². The molecule has 10 nitrogen and oxygen atoms in total. The molecule has 1 aliphatic heterocycles. The highest BCUT2D eigenvalue weighted by Crippen LogP contribution is 2.34. The molecule has 1 amide bonds. The van der Waals surface area contributed by atoms with Gasteiger partial charge in [-0.3, -0.25) is 9.59 Å². The van der Waals surface area contributed by atoms with Gasteiger partial charge in [0.05, 0.1) is 11.8 Å². The minimum absolute atomic E-state index is 0.113. The molecule has 2 aromatic rings. The fourth-order valence-electron chi connectivity index (χ4n) is 4.97. The highest BCUT2D eigenvalue weighted by molar-refractivity contribution is 5.93. The maximum atomic E-state index is 12.3. The van der Waals surface area contributed by atoms with Crippen LogP contribution < -0.4 is 5.32 Å². The van der Waals surface area contributed by atoms with Gasteiger partial charge in [0.15, 0.2) is 5.82 Å². The van der Waals surface area contributed by atoms with E-state index in [2.05, 4.69) is 15.4 Å². The van der Waals surface area contributed by atoms with Gasteiger partial charge in [-0.25, -0.2) is 9.50 Å². The Kier molecular flexibility index (Phi) is 8.69. The minimum atomic E-state index is -1.16. The molecular formula is C25H36N4O6. The van der Waals surface area contributed by atoms with E-state index in [9.17, 15) is 19.8 Å². The topological polar surface area (TPSA) is 135 Å². The molecule has 1 saturated carbocycles. The highest BCUT2D eigenvalue weighted by Gasteiger charge is 2.39. The van der Waals surface area contributed by atoms with E-state index in [1.54, 1.807) is 16.6 Å². The second-order valence-corrected chi connectivity index (χ2v) is 9.66. The molecule has 35 heavy (non-hydrogen) atoms. The Hall–Kier alpha value is -2.56. The molecule has 1 unspecified atom stereocenters. The number of carbonyl (C=O) groups is 2. The zero-order valence-electron chi connectivity index (χ0n) is 20.3. The van der Waals surface area contributed by atoms with Crippen LogP contribution in [-0.4, -0.2) is 61.6 Å². The maximum absolute atomic E-state index is 12.3. The molecule has 2 aromatic heterocycles. The Morgan fingerprint density at radius 3 is 2.80 bits per heavy atom. The van der Waals surface area contributed by atoms with Crippen LogP contribution in [0.5, 0.6) is 0 Å². The molecule has 0 aromatic carbocycles. The van der Waals surface area contributed by atoms with Crippen LogP contribution in [0.4, 0.5) is 5.82 Å². The summed E-state index contributed by atoms with van der Waals surface area (Å²) in [6, 6.07) is 3.58. The van der Waals surface area contributed by atoms with Gasteiger partial charge in [0.1, 0.15) is 36.8 Å². The van der Waals surface area contributed by atoms with Gasteiger partial charge in [0.25, 0.3) is 0 Å². The predicted molar refractivity (Wildman–Crippen MR) is 128 cm³/mol.